The van der Waals surface area contributed by atoms with Gasteiger partial charge in [-0.25, -0.2) is 0 Å². The van der Waals surface area contributed by atoms with E-state index in [4.69, 9.17) is 4.74 Å². The van der Waals surface area contributed by atoms with Crippen LogP contribution >= 0.6 is 23.7 Å². The summed E-state index contributed by atoms with van der Waals surface area (Å²) in [5.41, 5.74) is 1.11. The van der Waals surface area contributed by atoms with Gasteiger partial charge in [0.2, 0.25) is 0 Å². The van der Waals surface area contributed by atoms with E-state index in [0.717, 1.165) is 28.3 Å². The molecule has 0 amide bonds. The van der Waals surface area contributed by atoms with Gasteiger partial charge in [-0.05, 0) is 51.8 Å². The summed E-state index contributed by atoms with van der Waals surface area (Å²) >= 11 is 2.54. The number of thioether (sulfide) groups is 1. The molecule has 1 aromatic rings. The first-order chi connectivity index (χ1) is 8.49. The highest BCUT2D eigenvalue weighted by molar-refractivity contribution is 8.16. The van der Waals surface area contributed by atoms with Gasteiger partial charge in [0.1, 0.15) is 10.5 Å². The fourth-order valence-corrected chi connectivity index (χ4v) is 4.35. The highest BCUT2D eigenvalue weighted by atomic mass is 32.2. The largest absolute Gasteiger partial charge is 0.493 e. The lowest BCUT2D eigenvalue weighted by Gasteiger charge is -2.37. The summed E-state index contributed by atoms with van der Waals surface area (Å²) in [7, 11) is 0. The second kappa shape index (κ2) is 5.23. The first kappa shape index (κ1) is 13.9. The lowest BCUT2D eigenvalue weighted by molar-refractivity contribution is 0.332. The average Bonchev–Trinajstić information content (AvgIpc) is 2.68. The third-order valence-corrected chi connectivity index (χ3v) is 4.76. The Hall–Kier alpha value is -0.520. The molecule has 0 spiro atoms. The summed E-state index contributed by atoms with van der Waals surface area (Å²) in [5.74, 6) is 0.908. The van der Waals surface area contributed by atoms with Crippen molar-refractivity contribution < 1.29 is 4.74 Å². The van der Waals surface area contributed by atoms with E-state index in [1.807, 2.05) is 19.1 Å². The van der Waals surface area contributed by atoms with Crippen molar-refractivity contribution >= 4 is 29.4 Å². The van der Waals surface area contributed by atoms with E-state index in [2.05, 4.69) is 31.7 Å². The molecule has 0 bridgehead atoms. The SMILES string of the molecule is CCOc1cccc2c1SC(S[N])N2C(C)(C)C. The molecule has 0 aliphatic carbocycles. The fraction of sp³-hybridized carbons (Fsp3) is 0.538. The van der Waals surface area contributed by atoms with Gasteiger partial charge >= 0.3 is 0 Å². The second-order valence-electron chi connectivity index (χ2n) is 5.11. The van der Waals surface area contributed by atoms with Crippen molar-refractivity contribution in [2.75, 3.05) is 11.5 Å². The molecule has 1 aliphatic rings. The van der Waals surface area contributed by atoms with Crippen molar-refractivity contribution in [3.05, 3.63) is 18.2 Å². The van der Waals surface area contributed by atoms with Crippen LogP contribution < -0.4 is 14.8 Å². The van der Waals surface area contributed by atoms with Crippen molar-refractivity contribution in [3.63, 3.8) is 0 Å². The summed E-state index contributed by atoms with van der Waals surface area (Å²) in [5, 5.41) is 9.51. The van der Waals surface area contributed by atoms with Crippen LogP contribution in [-0.2, 0) is 0 Å². The van der Waals surface area contributed by atoms with E-state index < -0.39 is 0 Å². The van der Waals surface area contributed by atoms with Crippen molar-refractivity contribution in [1.29, 1.82) is 0 Å². The normalized spacial score (nSPS) is 18.9. The third kappa shape index (κ3) is 2.44. The monoisotopic (exact) mass is 282 g/mol. The van der Waals surface area contributed by atoms with Crippen LogP contribution in [0.2, 0.25) is 0 Å². The smallest absolute Gasteiger partial charge is 0.144 e. The Labute approximate surface area is 118 Å². The maximum Gasteiger partial charge on any atom is 0.144 e. The molecule has 0 aromatic heterocycles. The standard InChI is InChI=1S/C13H18N2OS2/c1-5-16-10-8-6-7-9-11(10)17-12(18-14)15(9)13(2,3)4/h6-8,12H,5H2,1-4H3. The van der Waals surface area contributed by atoms with Crippen LogP contribution in [0.1, 0.15) is 27.7 Å². The number of hydrogen-bond donors (Lipinski definition) is 0. The Morgan fingerprint density at radius 2 is 2.17 bits per heavy atom. The molecule has 1 aliphatic heterocycles. The number of nitrogens with zero attached hydrogens (tertiary/aromatic N) is 2. The summed E-state index contributed by atoms with van der Waals surface area (Å²) in [4.78, 5) is 3.36. The number of anilines is 1. The Morgan fingerprint density at radius 3 is 2.72 bits per heavy atom. The molecule has 0 saturated carbocycles. The van der Waals surface area contributed by atoms with Gasteiger partial charge in [0, 0.05) is 5.54 Å². The molecule has 5 heteroatoms. The first-order valence-corrected chi connectivity index (χ1v) is 7.72. The van der Waals surface area contributed by atoms with Crippen LogP contribution in [-0.4, -0.2) is 16.9 Å². The Morgan fingerprint density at radius 1 is 1.44 bits per heavy atom. The van der Waals surface area contributed by atoms with E-state index in [1.165, 1.54) is 0 Å². The number of rotatable bonds is 3. The topological polar surface area (TPSA) is 34.8 Å². The molecule has 0 fully saturated rings. The van der Waals surface area contributed by atoms with Gasteiger partial charge < -0.3 is 9.64 Å². The summed E-state index contributed by atoms with van der Waals surface area (Å²) < 4.78 is 5.65. The Balaban J connectivity index is 2.45. The van der Waals surface area contributed by atoms with Crippen LogP contribution in [0.4, 0.5) is 5.69 Å². The minimum Gasteiger partial charge on any atom is -0.493 e. The van der Waals surface area contributed by atoms with Crippen LogP contribution in [0.3, 0.4) is 0 Å². The molecule has 1 unspecified atom stereocenters. The lowest BCUT2D eigenvalue weighted by Crippen LogP contribution is -2.43. The molecular weight excluding hydrogens is 264 g/mol. The van der Waals surface area contributed by atoms with Crippen LogP contribution in [0, 0.1) is 0 Å². The lowest BCUT2D eigenvalue weighted by atomic mass is 10.1. The zero-order chi connectivity index (χ0) is 13.3. The molecule has 3 nitrogen and oxygen atoms in total. The minimum atomic E-state index is -0.0382. The highest BCUT2D eigenvalue weighted by Crippen LogP contribution is 2.53. The maximum atomic E-state index is 9.51. The number of fused-ring (bicyclic) bond motifs is 1. The van der Waals surface area contributed by atoms with Gasteiger partial charge in [0.15, 0.2) is 0 Å². The fourth-order valence-electron chi connectivity index (χ4n) is 2.09. The maximum absolute atomic E-state index is 9.51. The summed E-state index contributed by atoms with van der Waals surface area (Å²) in [6.45, 7) is 9.10. The number of benzene rings is 1. The summed E-state index contributed by atoms with van der Waals surface area (Å²) in [6, 6.07) is 6.08. The Bertz CT molecular complexity index is 431. The molecule has 2 rings (SSSR count). The molecular formula is C13H18N2OS2. The van der Waals surface area contributed by atoms with Gasteiger partial charge in [0.05, 0.1) is 17.2 Å². The molecule has 98 valence electrons. The van der Waals surface area contributed by atoms with Crippen molar-refractivity contribution in [3.8, 4) is 5.75 Å². The predicted octanol–water partition coefficient (Wildman–Crippen LogP) is 3.80. The number of ether oxygens (including phenoxy) is 1. The molecule has 0 N–H and O–H groups in total. The van der Waals surface area contributed by atoms with E-state index in [9.17, 15) is 5.14 Å². The summed E-state index contributed by atoms with van der Waals surface area (Å²) in [6.07, 6.45) is 0. The van der Waals surface area contributed by atoms with E-state index in [-0.39, 0.29) is 10.2 Å². The quantitative estimate of drug-likeness (QED) is 0.790. The predicted molar refractivity (Wildman–Crippen MR) is 79.2 cm³/mol. The van der Waals surface area contributed by atoms with Gasteiger partial charge in [-0.3, -0.25) is 0 Å². The highest BCUT2D eigenvalue weighted by Gasteiger charge is 2.38. The minimum absolute atomic E-state index is 0.0124. The van der Waals surface area contributed by atoms with Gasteiger partial charge in [-0.2, -0.15) is 0 Å². The molecule has 1 atom stereocenters. The van der Waals surface area contributed by atoms with Gasteiger partial charge in [0.25, 0.3) is 0 Å². The zero-order valence-corrected chi connectivity index (χ0v) is 12.8. The van der Waals surface area contributed by atoms with Gasteiger partial charge in [-0.15, -0.1) is 0 Å². The van der Waals surface area contributed by atoms with Crippen molar-refractivity contribution in [2.45, 2.75) is 42.8 Å². The van der Waals surface area contributed by atoms with E-state index in [0.29, 0.717) is 6.61 Å². The van der Waals surface area contributed by atoms with Crippen LogP contribution in [0.15, 0.2) is 23.1 Å². The first-order valence-electron chi connectivity index (χ1n) is 6.01. The molecule has 18 heavy (non-hydrogen) atoms. The van der Waals surface area contributed by atoms with Crippen molar-refractivity contribution in [2.24, 2.45) is 0 Å². The van der Waals surface area contributed by atoms with Crippen LogP contribution in [0.5, 0.6) is 5.75 Å². The molecule has 0 saturated heterocycles. The number of hydrogen-bond acceptors (Lipinski definition) is 4. The zero-order valence-electron chi connectivity index (χ0n) is 11.1. The molecule has 1 heterocycles. The Kier molecular flexibility index (Phi) is 4.04. The molecule has 2 radical (unpaired) electrons. The molecule has 1 aromatic carbocycles. The van der Waals surface area contributed by atoms with Crippen LogP contribution in [0.25, 0.3) is 0 Å². The van der Waals surface area contributed by atoms with E-state index in [1.54, 1.807) is 11.8 Å². The average molecular weight is 282 g/mol. The van der Waals surface area contributed by atoms with Gasteiger partial charge in [-0.1, -0.05) is 23.0 Å². The van der Waals surface area contributed by atoms with E-state index >= 15 is 0 Å². The third-order valence-electron chi connectivity index (χ3n) is 2.76. The van der Waals surface area contributed by atoms with Crippen molar-refractivity contribution in [1.82, 2.24) is 5.14 Å². The second-order valence-corrected chi connectivity index (χ2v) is 7.15.